The number of carbonyl (C=O) groups is 1. The molecule has 1 saturated heterocycles. The average molecular weight is 425 g/mol. The first-order valence-electron chi connectivity index (χ1n) is 10.2. The van der Waals surface area contributed by atoms with E-state index in [1.54, 1.807) is 25.6 Å². The summed E-state index contributed by atoms with van der Waals surface area (Å²) >= 11 is 0. The second kappa shape index (κ2) is 8.48. The molecule has 0 spiro atoms. The van der Waals surface area contributed by atoms with Gasteiger partial charge in [-0.3, -0.25) is 4.68 Å². The van der Waals surface area contributed by atoms with Gasteiger partial charge in [-0.15, -0.1) is 0 Å². The molecular weight excluding hydrogens is 398 g/mol. The van der Waals surface area contributed by atoms with E-state index in [0.717, 1.165) is 16.6 Å². The molecule has 1 aromatic carbocycles. The Morgan fingerprint density at radius 2 is 1.90 bits per heavy atom. The van der Waals surface area contributed by atoms with Gasteiger partial charge >= 0.3 is 6.03 Å². The second-order valence-electron chi connectivity index (χ2n) is 8.13. The van der Waals surface area contributed by atoms with Crippen molar-refractivity contribution in [2.75, 3.05) is 43.6 Å². The topological polar surface area (TPSA) is 117 Å². The predicted molar refractivity (Wildman–Crippen MR) is 118 cm³/mol. The molecule has 2 aromatic heterocycles. The summed E-state index contributed by atoms with van der Waals surface area (Å²) < 4.78 is 7.15. The number of hydrogen-bond donors (Lipinski definition) is 3. The number of rotatable bonds is 5. The average Bonchev–Trinajstić information content (AvgIpc) is 3.14. The van der Waals surface area contributed by atoms with Crippen molar-refractivity contribution in [1.29, 1.82) is 0 Å². The first-order chi connectivity index (χ1) is 14.8. The van der Waals surface area contributed by atoms with Crippen LogP contribution in [0.25, 0.3) is 22.3 Å². The van der Waals surface area contributed by atoms with Crippen molar-refractivity contribution in [3.8, 4) is 11.3 Å². The maximum atomic E-state index is 11.6. The summed E-state index contributed by atoms with van der Waals surface area (Å²) in [6, 6.07) is 7.19. The predicted octanol–water partition coefficient (Wildman–Crippen LogP) is 1.85. The van der Waals surface area contributed by atoms with E-state index < -0.39 is 5.60 Å². The lowest BCUT2D eigenvalue weighted by molar-refractivity contribution is 0.0579. The van der Waals surface area contributed by atoms with Crippen molar-refractivity contribution in [2.24, 2.45) is 0 Å². The zero-order valence-corrected chi connectivity index (χ0v) is 17.9. The van der Waals surface area contributed by atoms with E-state index in [4.69, 9.17) is 9.72 Å². The maximum Gasteiger partial charge on any atom is 0.318 e. The third kappa shape index (κ3) is 4.92. The number of aromatic nitrogens is 4. The highest BCUT2D eigenvalue weighted by atomic mass is 16.5. The lowest BCUT2D eigenvalue weighted by Gasteiger charge is -2.27. The molecule has 1 fully saturated rings. The van der Waals surface area contributed by atoms with Crippen LogP contribution in [0.3, 0.4) is 0 Å². The number of fused-ring (bicyclic) bond motifs is 1. The number of morpholine rings is 1. The Hall–Kier alpha value is -3.24. The summed E-state index contributed by atoms with van der Waals surface area (Å²) in [5, 5.41) is 20.9. The molecular formula is C21H27N7O3. The largest absolute Gasteiger partial charge is 0.389 e. The highest BCUT2D eigenvalue weighted by Gasteiger charge is 2.21. The maximum absolute atomic E-state index is 11.6. The van der Waals surface area contributed by atoms with Crippen molar-refractivity contribution in [2.45, 2.75) is 26.0 Å². The van der Waals surface area contributed by atoms with E-state index in [9.17, 15) is 9.90 Å². The van der Waals surface area contributed by atoms with Crippen LogP contribution < -0.4 is 15.5 Å². The molecule has 10 heteroatoms. The molecule has 0 bridgehead atoms. The molecule has 3 aromatic rings. The molecule has 164 valence electrons. The zero-order valence-electron chi connectivity index (χ0n) is 17.9. The molecule has 0 saturated carbocycles. The number of ether oxygens (including phenoxy) is 1. The third-order valence-electron chi connectivity index (χ3n) is 4.90. The van der Waals surface area contributed by atoms with Gasteiger partial charge in [-0.2, -0.15) is 10.1 Å². The number of benzene rings is 1. The van der Waals surface area contributed by atoms with Crippen LogP contribution in [-0.2, 0) is 11.3 Å². The summed E-state index contributed by atoms with van der Waals surface area (Å²) in [6.07, 6.45) is 1.86. The van der Waals surface area contributed by atoms with Gasteiger partial charge in [-0.25, -0.2) is 9.78 Å². The molecule has 0 unspecified atom stereocenters. The summed E-state index contributed by atoms with van der Waals surface area (Å²) in [6.45, 7) is 6.50. The van der Waals surface area contributed by atoms with Crippen LogP contribution >= 0.6 is 0 Å². The molecule has 1 aliphatic rings. The van der Waals surface area contributed by atoms with Crippen LogP contribution in [0.5, 0.6) is 0 Å². The van der Waals surface area contributed by atoms with Crippen molar-refractivity contribution >= 4 is 28.7 Å². The Kier molecular flexibility index (Phi) is 5.75. The minimum absolute atomic E-state index is 0.278. The number of hydrogen-bond acceptors (Lipinski definition) is 7. The fourth-order valence-corrected chi connectivity index (χ4v) is 3.45. The van der Waals surface area contributed by atoms with Gasteiger partial charge in [0.1, 0.15) is 0 Å². The van der Waals surface area contributed by atoms with Gasteiger partial charge in [0.2, 0.25) is 5.95 Å². The minimum Gasteiger partial charge on any atom is -0.389 e. The Labute approximate surface area is 180 Å². The van der Waals surface area contributed by atoms with Gasteiger partial charge in [-0.1, -0.05) is 12.1 Å². The highest BCUT2D eigenvalue weighted by Crippen LogP contribution is 2.29. The number of carbonyl (C=O) groups excluding carboxylic acids is 1. The summed E-state index contributed by atoms with van der Waals surface area (Å²) in [4.78, 5) is 23.2. The SMILES string of the molecule is CNC(=O)Nc1ccc(-c2nc(N3CCOCC3)nc3nn(CC(C)(C)O)cc23)cc1. The Bertz CT molecular complexity index is 1070. The molecule has 0 aliphatic carbocycles. The van der Waals surface area contributed by atoms with Gasteiger partial charge in [0.05, 0.1) is 36.4 Å². The molecule has 31 heavy (non-hydrogen) atoms. The summed E-state index contributed by atoms with van der Waals surface area (Å²) in [5.74, 6) is 0.604. The van der Waals surface area contributed by atoms with Gasteiger partial charge in [0.25, 0.3) is 0 Å². The van der Waals surface area contributed by atoms with E-state index in [-0.39, 0.29) is 6.03 Å². The molecule has 4 rings (SSSR count). The Morgan fingerprint density at radius 1 is 1.19 bits per heavy atom. The fourth-order valence-electron chi connectivity index (χ4n) is 3.45. The van der Waals surface area contributed by atoms with Crippen LogP contribution in [-0.4, -0.2) is 69.8 Å². The van der Waals surface area contributed by atoms with E-state index in [0.29, 0.717) is 50.1 Å². The second-order valence-corrected chi connectivity index (χ2v) is 8.13. The van der Waals surface area contributed by atoms with Crippen molar-refractivity contribution < 1.29 is 14.6 Å². The zero-order chi connectivity index (χ0) is 22.0. The minimum atomic E-state index is -0.907. The number of anilines is 2. The lowest BCUT2D eigenvalue weighted by Crippen LogP contribution is -2.37. The van der Waals surface area contributed by atoms with E-state index >= 15 is 0 Å². The van der Waals surface area contributed by atoms with Crippen molar-refractivity contribution in [3.63, 3.8) is 0 Å². The van der Waals surface area contributed by atoms with Crippen LogP contribution in [0.1, 0.15) is 13.8 Å². The molecule has 1 aliphatic heterocycles. The molecule has 3 N–H and O–H groups in total. The van der Waals surface area contributed by atoms with Crippen LogP contribution in [0.15, 0.2) is 30.5 Å². The smallest absolute Gasteiger partial charge is 0.318 e. The highest BCUT2D eigenvalue weighted by molar-refractivity contribution is 5.92. The van der Waals surface area contributed by atoms with E-state index in [1.165, 1.54) is 0 Å². The van der Waals surface area contributed by atoms with Crippen molar-refractivity contribution in [3.05, 3.63) is 30.5 Å². The van der Waals surface area contributed by atoms with Crippen LogP contribution in [0, 0.1) is 0 Å². The quantitative estimate of drug-likeness (QED) is 0.571. The summed E-state index contributed by atoms with van der Waals surface area (Å²) in [7, 11) is 1.57. The first-order valence-corrected chi connectivity index (χ1v) is 10.2. The van der Waals surface area contributed by atoms with Gasteiger partial charge in [-0.05, 0) is 26.0 Å². The molecule has 0 atom stereocenters. The van der Waals surface area contributed by atoms with Crippen LogP contribution in [0.2, 0.25) is 0 Å². The number of nitrogens with zero attached hydrogens (tertiary/aromatic N) is 5. The number of amides is 2. The van der Waals surface area contributed by atoms with Gasteiger partial charge in [0, 0.05) is 37.6 Å². The van der Waals surface area contributed by atoms with E-state index in [1.807, 2.05) is 30.5 Å². The van der Waals surface area contributed by atoms with Gasteiger partial charge < -0.3 is 25.4 Å². The van der Waals surface area contributed by atoms with Crippen LogP contribution in [0.4, 0.5) is 16.4 Å². The van der Waals surface area contributed by atoms with E-state index in [2.05, 4.69) is 25.6 Å². The number of urea groups is 1. The first kappa shape index (κ1) is 21.0. The van der Waals surface area contributed by atoms with Gasteiger partial charge in [0.15, 0.2) is 5.65 Å². The monoisotopic (exact) mass is 425 g/mol. The number of nitrogens with one attached hydrogen (secondary N) is 2. The summed E-state index contributed by atoms with van der Waals surface area (Å²) in [5.41, 5.74) is 1.98. The molecule has 3 heterocycles. The molecule has 10 nitrogen and oxygen atoms in total. The number of aliphatic hydroxyl groups is 1. The van der Waals surface area contributed by atoms with Crippen molar-refractivity contribution in [1.82, 2.24) is 25.1 Å². The standard InChI is InChI=1S/C21H27N7O3/c1-21(2,30)13-28-12-16-17(14-4-6-15(7-5-14)23-20(29)22-3)24-19(25-18(16)26-28)27-8-10-31-11-9-27/h4-7,12,30H,8-11,13H2,1-3H3,(H2,22,23,29). The Balaban J connectivity index is 1.76. The normalized spacial score (nSPS) is 14.6. The Morgan fingerprint density at radius 3 is 2.55 bits per heavy atom. The molecule has 0 radical (unpaired) electrons. The molecule has 2 amide bonds. The fraction of sp³-hybridized carbons (Fsp3) is 0.429. The third-order valence-corrected chi connectivity index (χ3v) is 4.90. The lowest BCUT2D eigenvalue weighted by atomic mass is 10.1.